The molecule has 0 bridgehead atoms. The number of benzene rings is 2. The molecule has 2 fully saturated rings. The molecule has 0 N–H and O–H groups in total. The van der Waals surface area contributed by atoms with Crippen LogP contribution in [0.4, 0.5) is 0 Å². The van der Waals surface area contributed by atoms with Gasteiger partial charge in [0, 0.05) is 47.8 Å². The summed E-state index contributed by atoms with van der Waals surface area (Å²) < 4.78 is 12.8. The predicted molar refractivity (Wildman–Crippen MR) is 141 cm³/mol. The fraction of sp³-hybridized carbons (Fsp3) is 0.600. The van der Waals surface area contributed by atoms with Gasteiger partial charge in [-0.1, -0.05) is 36.4 Å². The largest absolute Gasteiger partial charge is 0.490 e. The highest BCUT2D eigenvalue weighted by Gasteiger charge is 2.54. The molecule has 2 saturated heterocycles. The molecule has 2 aliphatic heterocycles. The summed E-state index contributed by atoms with van der Waals surface area (Å²) in [4.78, 5) is 6.95. The monoisotopic (exact) mass is 480 g/mol. The summed E-state index contributed by atoms with van der Waals surface area (Å²) in [5.41, 5.74) is -0.815. The zero-order valence-electron chi connectivity index (χ0n) is 22.9. The average Bonchev–Trinajstić information content (AvgIpc) is 2.71. The topological polar surface area (TPSA) is 34.2 Å². The standard InChI is InChI=1S/C30H44N2O3/c1-27(2)19-25(33-23-15-11-9-12-16-23)20-28(3,4)31(27)35-32-29(5,6)21-26(22-30(32,7)8)34-24-17-13-10-14-18-24/h9-18,25-26H,19-22H2,1-8H3. The molecule has 0 amide bonds. The van der Waals surface area contributed by atoms with E-state index in [2.05, 4.69) is 65.5 Å². The van der Waals surface area contributed by atoms with Crippen LogP contribution in [0.25, 0.3) is 0 Å². The maximum atomic E-state index is 6.95. The minimum absolute atomic E-state index is 0.133. The molecule has 2 aromatic carbocycles. The van der Waals surface area contributed by atoms with Crippen molar-refractivity contribution in [2.45, 2.75) is 115 Å². The van der Waals surface area contributed by atoms with Gasteiger partial charge in [-0.2, -0.15) is 10.1 Å². The predicted octanol–water partition coefficient (Wildman–Crippen LogP) is 7.03. The molecule has 4 rings (SSSR count). The first-order chi connectivity index (χ1) is 16.3. The second-order valence-electron chi connectivity index (χ2n) is 12.8. The molecule has 35 heavy (non-hydrogen) atoms. The lowest BCUT2D eigenvalue weighted by molar-refractivity contribution is -0.447. The van der Waals surface area contributed by atoms with Crippen LogP contribution in [-0.4, -0.2) is 44.5 Å². The Hall–Kier alpha value is -2.08. The minimum Gasteiger partial charge on any atom is -0.490 e. The van der Waals surface area contributed by atoms with E-state index in [9.17, 15) is 0 Å². The van der Waals surface area contributed by atoms with E-state index in [4.69, 9.17) is 14.4 Å². The molecule has 0 radical (unpaired) electrons. The highest BCUT2D eigenvalue weighted by Crippen LogP contribution is 2.45. The first-order valence-electron chi connectivity index (χ1n) is 13.0. The fourth-order valence-electron chi connectivity index (χ4n) is 6.42. The van der Waals surface area contributed by atoms with E-state index in [1.807, 2.05) is 60.7 Å². The van der Waals surface area contributed by atoms with E-state index in [0.717, 1.165) is 37.2 Å². The molecule has 2 aliphatic rings. The maximum absolute atomic E-state index is 6.95. The van der Waals surface area contributed by atoms with E-state index in [0.29, 0.717) is 0 Å². The summed E-state index contributed by atoms with van der Waals surface area (Å²) in [7, 11) is 0. The highest BCUT2D eigenvalue weighted by molar-refractivity contribution is 5.22. The third kappa shape index (κ3) is 5.84. The zero-order valence-corrected chi connectivity index (χ0v) is 22.9. The first-order valence-corrected chi connectivity index (χ1v) is 13.0. The van der Waals surface area contributed by atoms with Gasteiger partial charge < -0.3 is 9.47 Å². The molecule has 2 heterocycles. The maximum Gasteiger partial charge on any atom is 0.119 e. The lowest BCUT2D eigenvalue weighted by atomic mass is 9.79. The Balaban J connectivity index is 1.50. The lowest BCUT2D eigenvalue weighted by Gasteiger charge is -2.59. The number of hydroxylamine groups is 4. The van der Waals surface area contributed by atoms with Crippen LogP contribution in [0.5, 0.6) is 11.5 Å². The Labute approximate surface area is 212 Å². The molecule has 0 unspecified atom stereocenters. The van der Waals surface area contributed by atoms with E-state index >= 15 is 0 Å². The van der Waals surface area contributed by atoms with Crippen molar-refractivity contribution in [1.82, 2.24) is 10.1 Å². The average molecular weight is 481 g/mol. The summed E-state index contributed by atoms with van der Waals surface area (Å²) in [6, 6.07) is 20.3. The second-order valence-corrected chi connectivity index (χ2v) is 12.8. The van der Waals surface area contributed by atoms with Crippen molar-refractivity contribution >= 4 is 0 Å². The van der Waals surface area contributed by atoms with Crippen molar-refractivity contribution in [2.75, 3.05) is 0 Å². The van der Waals surface area contributed by atoms with Crippen LogP contribution in [0.3, 0.4) is 0 Å². The van der Waals surface area contributed by atoms with Crippen LogP contribution < -0.4 is 9.47 Å². The van der Waals surface area contributed by atoms with Gasteiger partial charge in [-0.05, 0) is 79.7 Å². The number of piperidine rings is 2. The third-order valence-corrected chi connectivity index (χ3v) is 7.36. The van der Waals surface area contributed by atoms with Crippen molar-refractivity contribution in [3.05, 3.63) is 60.7 Å². The number of para-hydroxylation sites is 2. The van der Waals surface area contributed by atoms with Crippen molar-refractivity contribution in [3.8, 4) is 11.5 Å². The Morgan fingerprint density at radius 1 is 0.514 bits per heavy atom. The Morgan fingerprint density at radius 2 is 0.800 bits per heavy atom. The highest BCUT2D eigenvalue weighted by atomic mass is 16.8. The van der Waals surface area contributed by atoms with Crippen LogP contribution >= 0.6 is 0 Å². The molecular weight excluding hydrogens is 436 g/mol. The number of rotatable bonds is 6. The molecular formula is C30H44N2O3. The molecule has 0 saturated carbocycles. The van der Waals surface area contributed by atoms with Gasteiger partial charge in [0.1, 0.15) is 23.7 Å². The summed E-state index contributed by atoms with van der Waals surface area (Å²) in [5.74, 6) is 1.86. The molecule has 5 heteroatoms. The Bertz CT molecular complexity index is 856. The normalized spacial score (nSPS) is 24.7. The van der Waals surface area contributed by atoms with E-state index in [1.165, 1.54) is 0 Å². The van der Waals surface area contributed by atoms with Crippen LogP contribution in [0.1, 0.15) is 81.1 Å². The quantitative estimate of drug-likeness (QED) is 0.443. The van der Waals surface area contributed by atoms with Crippen molar-refractivity contribution < 1.29 is 14.4 Å². The molecule has 0 atom stereocenters. The minimum atomic E-state index is -0.204. The summed E-state index contributed by atoms with van der Waals surface area (Å²) in [6.45, 7) is 18.1. The van der Waals surface area contributed by atoms with Crippen LogP contribution in [0.2, 0.25) is 0 Å². The van der Waals surface area contributed by atoms with Gasteiger partial charge in [-0.25, -0.2) is 4.94 Å². The van der Waals surface area contributed by atoms with Crippen LogP contribution in [0.15, 0.2) is 60.7 Å². The van der Waals surface area contributed by atoms with Gasteiger partial charge in [0.05, 0.1) is 0 Å². The Kier molecular flexibility index (Phi) is 7.00. The zero-order chi connectivity index (χ0) is 25.5. The first kappa shape index (κ1) is 26.0. The molecule has 2 aromatic rings. The summed E-state index contributed by atoms with van der Waals surface area (Å²) in [5, 5.41) is 4.46. The Morgan fingerprint density at radius 3 is 1.09 bits per heavy atom. The van der Waals surface area contributed by atoms with Crippen LogP contribution in [-0.2, 0) is 4.94 Å². The van der Waals surface area contributed by atoms with E-state index in [1.54, 1.807) is 0 Å². The van der Waals surface area contributed by atoms with Crippen molar-refractivity contribution in [2.24, 2.45) is 0 Å². The molecule has 0 spiro atoms. The van der Waals surface area contributed by atoms with Gasteiger partial charge in [-0.15, -0.1) is 0 Å². The van der Waals surface area contributed by atoms with Gasteiger partial charge in [0.2, 0.25) is 0 Å². The smallest absolute Gasteiger partial charge is 0.119 e. The summed E-state index contributed by atoms with van der Waals surface area (Å²) in [6.07, 6.45) is 3.82. The number of hydrogen-bond donors (Lipinski definition) is 0. The molecule has 5 nitrogen and oxygen atoms in total. The SMILES string of the molecule is CC1(C)CC(Oc2ccccc2)CC(C)(C)N1ON1C(C)(C)CC(Oc2ccccc2)CC1(C)C. The third-order valence-electron chi connectivity index (χ3n) is 7.36. The number of nitrogens with zero attached hydrogens (tertiary/aromatic N) is 2. The molecule has 0 aliphatic carbocycles. The number of ether oxygens (including phenoxy) is 2. The van der Waals surface area contributed by atoms with E-state index in [-0.39, 0.29) is 34.4 Å². The molecule has 0 aromatic heterocycles. The second kappa shape index (κ2) is 9.42. The van der Waals surface area contributed by atoms with Gasteiger partial charge in [-0.3, -0.25) is 0 Å². The van der Waals surface area contributed by atoms with Crippen LogP contribution in [0, 0.1) is 0 Å². The van der Waals surface area contributed by atoms with Gasteiger partial charge >= 0.3 is 0 Å². The fourth-order valence-corrected chi connectivity index (χ4v) is 6.42. The van der Waals surface area contributed by atoms with Gasteiger partial charge in [0.15, 0.2) is 0 Å². The van der Waals surface area contributed by atoms with E-state index < -0.39 is 0 Å². The van der Waals surface area contributed by atoms with Crippen molar-refractivity contribution in [3.63, 3.8) is 0 Å². The van der Waals surface area contributed by atoms with Gasteiger partial charge in [0.25, 0.3) is 0 Å². The summed E-state index contributed by atoms with van der Waals surface area (Å²) >= 11 is 0. The lowest BCUT2D eigenvalue weighted by Crippen LogP contribution is -2.69. The molecule has 192 valence electrons. The van der Waals surface area contributed by atoms with Crippen molar-refractivity contribution in [1.29, 1.82) is 0 Å². The number of hydrogen-bond acceptors (Lipinski definition) is 5.